The van der Waals surface area contributed by atoms with Crippen molar-refractivity contribution in [2.24, 2.45) is 0 Å². The Morgan fingerprint density at radius 1 is 1.38 bits per heavy atom. The third-order valence-electron chi connectivity index (χ3n) is 3.79. The van der Waals surface area contributed by atoms with Crippen LogP contribution in [0.2, 0.25) is 10.0 Å². The Labute approximate surface area is 136 Å². The number of hydrogen-bond acceptors (Lipinski definition) is 2. The zero-order valence-electron chi connectivity index (χ0n) is 12.4. The molecule has 0 spiro atoms. The third kappa shape index (κ3) is 4.60. The lowest BCUT2D eigenvalue weighted by Gasteiger charge is -2.30. The summed E-state index contributed by atoms with van der Waals surface area (Å²) < 4.78 is 0. The van der Waals surface area contributed by atoms with Gasteiger partial charge in [0.2, 0.25) is 0 Å². The molecule has 21 heavy (non-hydrogen) atoms. The van der Waals surface area contributed by atoms with Crippen LogP contribution in [0.3, 0.4) is 0 Å². The lowest BCUT2D eigenvalue weighted by Crippen LogP contribution is -2.46. The molecular weight excluding hydrogens is 307 g/mol. The predicted octanol–water partition coefficient (Wildman–Crippen LogP) is 3.99. The second-order valence-corrected chi connectivity index (χ2v) is 6.37. The second kappa shape index (κ2) is 8.02. The summed E-state index contributed by atoms with van der Waals surface area (Å²) in [6.45, 7) is 4.58. The normalized spacial score (nSPS) is 18.5. The summed E-state index contributed by atoms with van der Waals surface area (Å²) in [7, 11) is 0. The maximum atomic E-state index is 12.7. The van der Waals surface area contributed by atoms with Crippen molar-refractivity contribution < 1.29 is 4.79 Å². The van der Waals surface area contributed by atoms with Crippen molar-refractivity contribution in [3.05, 3.63) is 33.8 Å². The van der Waals surface area contributed by atoms with Crippen molar-refractivity contribution >= 4 is 29.1 Å². The van der Waals surface area contributed by atoms with Gasteiger partial charge in [0.15, 0.2) is 0 Å². The first-order chi connectivity index (χ1) is 10.1. The molecule has 1 saturated heterocycles. The summed E-state index contributed by atoms with van der Waals surface area (Å²) >= 11 is 12.1. The van der Waals surface area contributed by atoms with Crippen LogP contribution in [-0.2, 0) is 0 Å². The minimum absolute atomic E-state index is 0.0308. The molecule has 3 nitrogen and oxygen atoms in total. The van der Waals surface area contributed by atoms with Crippen molar-refractivity contribution in [3.8, 4) is 0 Å². The number of carbonyl (C=O) groups is 1. The molecule has 0 aliphatic carbocycles. The number of halogens is 2. The van der Waals surface area contributed by atoms with Crippen LogP contribution in [0.4, 0.5) is 0 Å². The third-order valence-corrected chi connectivity index (χ3v) is 4.36. The minimum Gasteiger partial charge on any atom is -0.337 e. The van der Waals surface area contributed by atoms with Crippen LogP contribution >= 0.6 is 23.2 Å². The molecule has 0 bridgehead atoms. The summed E-state index contributed by atoms with van der Waals surface area (Å²) in [6.07, 6.45) is 4.50. The zero-order chi connectivity index (χ0) is 15.2. The fourth-order valence-corrected chi connectivity index (χ4v) is 3.09. The molecule has 1 N–H and O–H groups in total. The van der Waals surface area contributed by atoms with Crippen LogP contribution in [0, 0.1) is 0 Å². The smallest absolute Gasteiger partial charge is 0.255 e. The summed E-state index contributed by atoms with van der Waals surface area (Å²) in [5.41, 5.74) is 0.494. The number of benzene rings is 1. The van der Waals surface area contributed by atoms with E-state index < -0.39 is 0 Å². The van der Waals surface area contributed by atoms with E-state index in [0.29, 0.717) is 21.7 Å². The Kier molecular flexibility index (Phi) is 6.34. The quantitative estimate of drug-likeness (QED) is 0.886. The van der Waals surface area contributed by atoms with E-state index in [4.69, 9.17) is 23.2 Å². The van der Waals surface area contributed by atoms with Crippen LogP contribution in [0.5, 0.6) is 0 Å². The molecule has 1 amide bonds. The number of rotatable bonds is 5. The summed E-state index contributed by atoms with van der Waals surface area (Å²) in [5.74, 6) is -0.0308. The highest BCUT2D eigenvalue weighted by Crippen LogP contribution is 2.22. The maximum absolute atomic E-state index is 12.7. The summed E-state index contributed by atoms with van der Waals surface area (Å²) in [6, 6.07) is 5.42. The lowest BCUT2D eigenvalue weighted by atomic mass is 10.0. The lowest BCUT2D eigenvalue weighted by molar-refractivity contribution is 0.0732. The summed E-state index contributed by atoms with van der Waals surface area (Å²) in [5, 5.41) is 4.48. The number of hydrogen-bond donors (Lipinski definition) is 1. The predicted molar refractivity (Wildman–Crippen MR) is 88.3 cm³/mol. The van der Waals surface area contributed by atoms with Gasteiger partial charge < -0.3 is 10.2 Å². The largest absolute Gasteiger partial charge is 0.337 e. The number of amides is 1. The molecule has 1 aromatic rings. The molecule has 1 aromatic carbocycles. The van der Waals surface area contributed by atoms with Gasteiger partial charge in [0, 0.05) is 24.2 Å². The second-order valence-electron chi connectivity index (χ2n) is 5.52. The highest BCUT2D eigenvalue weighted by Gasteiger charge is 2.22. The standard InChI is InChI=1S/C16H22Cl2N2O/c1-2-9-20(11-13-5-3-4-8-19-13)16(21)14-10-12(17)6-7-15(14)18/h6-7,10,13,19H,2-5,8-9,11H2,1H3. The van der Waals surface area contributed by atoms with Gasteiger partial charge in [-0.1, -0.05) is 36.5 Å². The Balaban J connectivity index is 2.12. The van der Waals surface area contributed by atoms with Crippen LogP contribution in [0.25, 0.3) is 0 Å². The first-order valence-electron chi connectivity index (χ1n) is 7.59. The zero-order valence-corrected chi connectivity index (χ0v) is 13.9. The van der Waals surface area contributed by atoms with Gasteiger partial charge in [0.1, 0.15) is 0 Å². The molecule has 1 aliphatic rings. The van der Waals surface area contributed by atoms with E-state index in [2.05, 4.69) is 12.2 Å². The van der Waals surface area contributed by atoms with E-state index in [1.165, 1.54) is 12.8 Å². The molecule has 5 heteroatoms. The molecule has 2 rings (SSSR count). The Bertz CT molecular complexity index is 487. The monoisotopic (exact) mass is 328 g/mol. The Hall–Kier alpha value is -0.770. The van der Waals surface area contributed by atoms with E-state index in [1.807, 2.05) is 4.90 Å². The van der Waals surface area contributed by atoms with Gasteiger partial charge in [-0.25, -0.2) is 0 Å². The van der Waals surface area contributed by atoms with Crippen molar-refractivity contribution in [1.29, 1.82) is 0 Å². The molecular formula is C16H22Cl2N2O. The molecule has 0 aromatic heterocycles. The first-order valence-corrected chi connectivity index (χ1v) is 8.35. The Morgan fingerprint density at radius 2 is 2.19 bits per heavy atom. The fourth-order valence-electron chi connectivity index (χ4n) is 2.72. The van der Waals surface area contributed by atoms with E-state index in [1.54, 1.807) is 18.2 Å². The number of piperidine rings is 1. The van der Waals surface area contributed by atoms with Crippen LogP contribution < -0.4 is 5.32 Å². The highest BCUT2D eigenvalue weighted by atomic mass is 35.5. The minimum atomic E-state index is -0.0308. The maximum Gasteiger partial charge on any atom is 0.255 e. The molecule has 1 aliphatic heterocycles. The Morgan fingerprint density at radius 3 is 2.86 bits per heavy atom. The van der Waals surface area contributed by atoms with Crippen LogP contribution in [0.1, 0.15) is 43.0 Å². The van der Waals surface area contributed by atoms with Gasteiger partial charge in [-0.05, 0) is 44.0 Å². The molecule has 0 saturated carbocycles. The average Bonchev–Trinajstić information content (AvgIpc) is 2.49. The van der Waals surface area contributed by atoms with Gasteiger partial charge in [-0.3, -0.25) is 4.79 Å². The first kappa shape index (κ1) is 16.6. The molecule has 1 unspecified atom stereocenters. The number of carbonyl (C=O) groups excluding carboxylic acids is 1. The molecule has 1 fully saturated rings. The van der Waals surface area contributed by atoms with E-state index >= 15 is 0 Å². The van der Waals surface area contributed by atoms with Crippen molar-refractivity contribution in [2.75, 3.05) is 19.6 Å². The van der Waals surface area contributed by atoms with Crippen molar-refractivity contribution in [2.45, 2.75) is 38.6 Å². The molecule has 1 heterocycles. The number of nitrogens with one attached hydrogen (secondary N) is 1. The number of nitrogens with zero attached hydrogens (tertiary/aromatic N) is 1. The van der Waals surface area contributed by atoms with Gasteiger partial charge >= 0.3 is 0 Å². The fraction of sp³-hybridized carbons (Fsp3) is 0.562. The summed E-state index contributed by atoms with van der Waals surface area (Å²) in [4.78, 5) is 14.6. The van der Waals surface area contributed by atoms with Gasteiger partial charge in [0.25, 0.3) is 5.91 Å². The van der Waals surface area contributed by atoms with Crippen molar-refractivity contribution in [3.63, 3.8) is 0 Å². The van der Waals surface area contributed by atoms with Gasteiger partial charge in [0.05, 0.1) is 10.6 Å². The van der Waals surface area contributed by atoms with E-state index in [9.17, 15) is 4.79 Å². The van der Waals surface area contributed by atoms with Crippen molar-refractivity contribution in [1.82, 2.24) is 10.2 Å². The molecule has 0 radical (unpaired) electrons. The van der Waals surface area contributed by atoms with Crippen LogP contribution in [-0.4, -0.2) is 36.5 Å². The highest BCUT2D eigenvalue weighted by molar-refractivity contribution is 6.35. The van der Waals surface area contributed by atoms with E-state index in [-0.39, 0.29) is 5.91 Å². The van der Waals surface area contributed by atoms with Gasteiger partial charge in [-0.15, -0.1) is 0 Å². The molecule has 1 atom stereocenters. The van der Waals surface area contributed by atoms with Gasteiger partial charge in [-0.2, -0.15) is 0 Å². The van der Waals surface area contributed by atoms with Crippen LogP contribution in [0.15, 0.2) is 18.2 Å². The average molecular weight is 329 g/mol. The SMILES string of the molecule is CCCN(CC1CCCCN1)C(=O)c1cc(Cl)ccc1Cl. The molecule has 116 valence electrons. The topological polar surface area (TPSA) is 32.3 Å². The van der Waals surface area contributed by atoms with E-state index in [0.717, 1.165) is 32.5 Å².